The van der Waals surface area contributed by atoms with Crippen LogP contribution in [0.3, 0.4) is 0 Å². The minimum Gasteiger partial charge on any atom is -0.310 e. The van der Waals surface area contributed by atoms with E-state index in [1.807, 2.05) is 0 Å². The van der Waals surface area contributed by atoms with E-state index < -0.39 is 0 Å². The summed E-state index contributed by atoms with van der Waals surface area (Å²) in [4.78, 5) is 2.40. The van der Waals surface area contributed by atoms with Crippen molar-refractivity contribution in [2.45, 2.75) is 45.8 Å². The highest BCUT2D eigenvalue weighted by Crippen LogP contribution is 2.30. The van der Waals surface area contributed by atoms with Gasteiger partial charge in [-0.3, -0.25) is 4.90 Å². The molecular formula is C18H26N2. The van der Waals surface area contributed by atoms with Crippen LogP contribution in [0.5, 0.6) is 0 Å². The SMILES string of the molecule is C#CCN(Cc1cccc(CNC(C)C)c1)CC1CC1. The van der Waals surface area contributed by atoms with E-state index in [0.29, 0.717) is 6.04 Å². The van der Waals surface area contributed by atoms with Gasteiger partial charge in [0, 0.05) is 25.7 Å². The number of rotatable bonds is 8. The lowest BCUT2D eigenvalue weighted by atomic mass is 10.1. The van der Waals surface area contributed by atoms with Crippen LogP contribution in [-0.4, -0.2) is 24.0 Å². The second-order valence-electron chi connectivity index (χ2n) is 6.17. The maximum Gasteiger partial charge on any atom is 0.0601 e. The van der Waals surface area contributed by atoms with Crippen LogP contribution in [-0.2, 0) is 13.1 Å². The molecule has 1 N–H and O–H groups in total. The van der Waals surface area contributed by atoms with E-state index in [2.05, 4.69) is 54.3 Å². The predicted octanol–water partition coefficient (Wildman–Crippen LogP) is 3.03. The van der Waals surface area contributed by atoms with Crippen molar-refractivity contribution >= 4 is 0 Å². The molecule has 0 heterocycles. The highest BCUT2D eigenvalue weighted by atomic mass is 15.1. The highest BCUT2D eigenvalue weighted by molar-refractivity contribution is 5.23. The number of nitrogens with one attached hydrogen (secondary N) is 1. The van der Waals surface area contributed by atoms with Crippen molar-refractivity contribution in [2.24, 2.45) is 5.92 Å². The minimum atomic E-state index is 0.520. The first kappa shape index (κ1) is 15.1. The largest absolute Gasteiger partial charge is 0.310 e. The van der Waals surface area contributed by atoms with Crippen LogP contribution >= 0.6 is 0 Å². The van der Waals surface area contributed by atoms with Crippen molar-refractivity contribution in [1.82, 2.24) is 10.2 Å². The lowest BCUT2D eigenvalue weighted by molar-refractivity contribution is 0.286. The molecule has 0 bridgehead atoms. The van der Waals surface area contributed by atoms with Gasteiger partial charge in [-0.25, -0.2) is 0 Å². The van der Waals surface area contributed by atoms with Crippen LogP contribution in [0.25, 0.3) is 0 Å². The van der Waals surface area contributed by atoms with E-state index in [4.69, 9.17) is 6.42 Å². The Hall–Kier alpha value is -1.30. The Balaban J connectivity index is 1.92. The highest BCUT2D eigenvalue weighted by Gasteiger charge is 2.23. The van der Waals surface area contributed by atoms with Gasteiger partial charge in [0.15, 0.2) is 0 Å². The Morgan fingerprint density at radius 1 is 1.35 bits per heavy atom. The molecule has 0 amide bonds. The summed E-state index contributed by atoms with van der Waals surface area (Å²) in [5, 5.41) is 3.46. The van der Waals surface area contributed by atoms with E-state index in [9.17, 15) is 0 Å². The Morgan fingerprint density at radius 2 is 2.10 bits per heavy atom. The molecule has 1 saturated carbocycles. The number of benzene rings is 1. The van der Waals surface area contributed by atoms with Crippen LogP contribution in [0.2, 0.25) is 0 Å². The smallest absolute Gasteiger partial charge is 0.0601 e. The molecule has 2 heteroatoms. The summed E-state index contributed by atoms with van der Waals surface area (Å²) in [5.41, 5.74) is 2.72. The van der Waals surface area contributed by atoms with E-state index in [1.54, 1.807) is 0 Å². The van der Waals surface area contributed by atoms with Gasteiger partial charge < -0.3 is 5.32 Å². The van der Waals surface area contributed by atoms with Gasteiger partial charge in [0.05, 0.1) is 6.54 Å². The zero-order chi connectivity index (χ0) is 14.4. The maximum atomic E-state index is 5.49. The first-order valence-corrected chi connectivity index (χ1v) is 7.64. The van der Waals surface area contributed by atoms with Gasteiger partial charge in [0.25, 0.3) is 0 Å². The van der Waals surface area contributed by atoms with Gasteiger partial charge >= 0.3 is 0 Å². The van der Waals surface area contributed by atoms with Crippen LogP contribution in [0.1, 0.15) is 37.8 Å². The lowest BCUT2D eigenvalue weighted by Gasteiger charge is -2.20. The molecule has 2 rings (SSSR count). The average Bonchev–Trinajstić information content (AvgIpc) is 3.21. The fourth-order valence-electron chi connectivity index (χ4n) is 2.40. The van der Waals surface area contributed by atoms with Crippen molar-refractivity contribution in [2.75, 3.05) is 13.1 Å². The molecule has 1 aliphatic rings. The first-order valence-electron chi connectivity index (χ1n) is 7.64. The Bertz CT molecular complexity index is 455. The van der Waals surface area contributed by atoms with Crippen molar-refractivity contribution in [3.8, 4) is 12.3 Å². The van der Waals surface area contributed by atoms with E-state index in [0.717, 1.165) is 32.1 Å². The van der Waals surface area contributed by atoms with Crippen LogP contribution in [0.15, 0.2) is 24.3 Å². The van der Waals surface area contributed by atoms with Crippen molar-refractivity contribution in [3.63, 3.8) is 0 Å². The fraction of sp³-hybridized carbons (Fsp3) is 0.556. The van der Waals surface area contributed by atoms with Gasteiger partial charge in [-0.05, 0) is 29.9 Å². The van der Waals surface area contributed by atoms with E-state index >= 15 is 0 Å². The fourth-order valence-corrected chi connectivity index (χ4v) is 2.40. The van der Waals surface area contributed by atoms with Crippen molar-refractivity contribution < 1.29 is 0 Å². The second-order valence-corrected chi connectivity index (χ2v) is 6.17. The standard InChI is InChI=1S/C18H26N2/c1-4-10-20(13-16-8-9-16)14-18-7-5-6-17(11-18)12-19-15(2)3/h1,5-7,11,15-16,19H,8-10,12-14H2,2-3H3. The molecule has 0 aliphatic heterocycles. The molecule has 1 fully saturated rings. The quantitative estimate of drug-likeness (QED) is 0.731. The summed E-state index contributed by atoms with van der Waals surface area (Å²) in [5.74, 6) is 3.67. The molecule has 108 valence electrons. The minimum absolute atomic E-state index is 0.520. The van der Waals surface area contributed by atoms with Gasteiger partial charge in [-0.15, -0.1) is 6.42 Å². The molecule has 20 heavy (non-hydrogen) atoms. The molecule has 1 aromatic carbocycles. The zero-order valence-electron chi connectivity index (χ0n) is 12.7. The van der Waals surface area contributed by atoms with Crippen molar-refractivity contribution in [1.29, 1.82) is 0 Å². The van der Waals surface area contributed by atoms with Gasteiger partial charge in [0.2, 0.25) is 0 Å². The number of terminal acetylenes is 1. The molecule has 0 saturated heterocycles. The number of hydrogen-bond acceptors (Lipinski definition) is 2. The molecule has 1 aromatic rings. The normalized spacial score (nSPS) is 14.8. The van der Waals surface area contributed by atoms with E-state index in [1.165, 1.54) is 24.0 Å². The van der Waals surface area contributed by atoms with Crippen LogP contribution in [0, 0.1) is 18.3 Å². The van der Waals surface area contributed by atoms with Crippen LogP contribution < -0.4 is 5.32 Å². The van der Waals surface area contributed by atoms with Gasteiger partial charge in [-0.1, -0.05) is 44.0 Å². The number of nitrogens with zero attached hydrogens (tertiary/aromatic N) is 1. The Labute approximate surface area is 123 Å². The summed E-state index contributed by atoms with van der Waals surface area (Å²) in [6, 6.07) is 9.36. The molecule has 0 unspecified atom stereocenters. The third-order valence-corrected chi connectivity index (χ3v) is 3.64. The zero-order valence-corrected chi connectivity index (χ0v) is 12.7. The summed E-state index contributed by atoms with van der Waals surface area (Å²) in [6.07, 6.45) is 8.24. The molecule has 2 nitrogen and oxygen atoms in total. The Morgan fingerprint density at radius 3 is 2.75 bits per heavy atom. The lowest BCUT2D eigenvalue weighted by Crippen LogP contribution is -2.26. The predicted molar refractivity (Wildman–Crippen MR) is 85.3 cm³/mol. The van der Waals surface area contributed by atoms with Gasteiger partial charge in [-0.2, -0.15) is 0 Å². The van der Waals surface area contributed by atoms with E-state index in [-0.39, 0.29) is 0 Å². The third-order valence-electron chi connectivity index (χ3n) is 3.64. The maximum absolute atomic E-state index is 5.49. The average molecular weight is 270 g/mol. The second kappa shape index (κ2) is 7.47. The topological polar surface area (TPSA) is 15.3 Å². The summed E-state index contributed by atoms with van der Waals surface area (Å²) >= 11 is 0. The molecule has 0 radical (unpaired) electrons. The molecular weight excluding hydrogens is 244 g/mol. The van der Waals surface area contributed by atoms with Gasteiger partial charge in [0.1, 0.15) is 0 Å². The molecule has 1 aliphatic carbocycles. The Kier molecular flexibility index (Phi) is 5.64. The molecule has 0 aromatic heterocycles. The number of hydrogen-bond donors (Lipinski definition) is 1. The first-order chi connectivity index (χ1) is 9.67. The van der Waals surface area contributed by atoms with Crippen LogP contribution in [0.4, 0.5) is 0 Å². The third kappa shape index (κ3) is 5.36. The van der Waals surface area contributed by atoms with Crippen molar-refractivity contribution in [3.05, 3.63) is 35.4 Å². The summed E-state index contributed by atoms with van der Waals surface area (Å²) in [7, 11) is 0. The summed E-state index contributed by atoms with van der Waals surface area (Å²) in [6.45, 7) is 8.16. The summed E-state index contributed by atoms with van der Waals surface area (Å²) < 4.78 is 0. The molecule has 0 spiro atoms. The monoisotopic (exact) mass is 270 g/mol. The molecule has 0 atom stereocenters.